The van der Waals surface area contributed by atoms with Gasteiger partial charge in [-0.3, -0.25) is 9.80 Å². The van der Waals surface area contributed by atoms with Gasteiger partial charge >= 0.3 is 6.09 Å². The zero-order valence-corrected chi connectivity index (χ0v) is 18.6. The van der Waals surface area contributed by atoms with Crippen molar-refractivity contribution in [3.8, 4) is 0 Å². The van der Waals surface area contributed by atoms with E-state index in [0.717, 1.165) is 38.0 Å². The Morgan fingerprint density at radius 2 is 2.13 bits per heavy atom. The minimum absolute atomic E-state index is 0.215. The van der Waals surface area contributed by atoms with E-state index in [9.17, 15) is 9.18 Å². The van der Waals surface area contributed by atoms with Gasteiger partial charge in [0.1, 0.15) is 11.9 Å². The van der Waals surface area contributed by atoms with Gasteiger partial charge in [-0.2, -0.15) is 0 Å². The fourth-order valence-corrected chi connectivity index (χ4v) is 4.97. The first-order chi connectivity index (χ1) is 14.5. The molecule has 0 aliphatic carbocycles. The third-order valence-electron chi connectivity index (χ3n) is 5.74. The summed E-state index contributed by atoms with van der Waals surface area (Å²) >= 11 is 6.77. The molecule has 1 atom stereocenters. The average molecular weight is 448 g/mol. The highest BCUT2D eigenvalue weighted by Gasteiger charge is 2.33. The van der Waals surface area contributed by atoms with E-state index in [1.807, 2.05) is 12.1 Å². The Morgan fingerprint density at radius 1 is 1.33 bits per heavy atom. The lowest BCUT2D eigenvalue weighted by molar-refractivity contribution is 0.143. The number of rotatable bonds is 6. The maximum atomic E-state index is 14.9. The third-order valence-corrected chi connectivity index (χ3v) is 6.74. The predicted molar refractivity (Wildman–Crippen MR) is 122 cm³/mol. The predicted octanol–water partition coefficient (Wildman–Crippen LogP) is 4.53. The number of thiophene rings is 1. The van der Waals surface area contributed by atoms with Crippen molar-refractivity contribution in [3.05, 3.63) is 52.0 Å². The summed E-state index contributed by atoms with van der Waals surface area (Å²) in [6.45, 7) is 5.54. The smallest absolute Gasteiger partial charge is 0.414 e. The molecule has 2 saturated heterocycles. The maximum absolute atomic E-state index is 14.9. The van der Waals surface area contributed by atoms with Gasteiger partial charge in [0.15, 0.2) is 0 Å². The van der Waals surface area contributed by atoms with Crippen LogP contribution in [0, 0.1) is 5.82 Å². The lowest BCUT2D eigenvalue weighted by Crippen LogP contribution is -2.33. The van der Waals surface area contributed by atoms with Crippen LogP contribution in [0.2, 0.25) is 0 Å². The van der Waals surface area contributed by atoms with E-state index >= 15 is 0 Å². The van der Waals surface area contributed by atoms with Gasteiger partial charge in [-0.05, 0) is 67.9 Å². The van der Waals surface area contributed by atoms with Gasteiger partial charge in [0.05, 0.1) is 23.8 Å². The monoisotopic (exact) mass is 447 g/mol. The molecule has 160 valence electrons. The summed E-state index contributed by atoms with van der Waals surface area (Å²) in [5.74, 6) is -0.0278. The van der Waals surface area contributed by atoms with Crippen LogP contribution in [0.3, 0.4) is 0 Å². The van der Waals surface area contributed by atoms with Gasteiger partial charge in [-0.25, -0.2) is 9.18 Å². The van der Waals surface area contributed by atoms with Crippen LogP contribution in [-0.4, -0.2) is 48.3 Å². The number of thiocarbonyl (C=S) groups is 1. The zero-order valence-electron chi connectivity index (χ0n) is 17.0. The van der Waals surface area contributed by atoms with Crippen LogP contribution in [-0.2, 0) is 11.3 Å². The normalized spacial score (nSPS) is 20.4. The first kappa shape index (κ1) is 21.2. The molecule has 2 aliphatic heterocycles. The number of nitrogens with one attached hydrogen (secondary N) is 1. The Balaban J connectivity index is 1.35. The molecule has 2 aliphatic rings. The van der Waals surface area contributed by atoms with Crippen molar-refractivity contribution in [2.75, 3.05) is 31.1 Å². The number of ether oxygens (including phenoxy) is 1. The molecule has 0 bridgehead atoms. The number of piperidine rings is 1. The first-order valence-corrected chi connectivity index (χ1v) is 11.5. The molecule has 3 heterocycles. The number of amides is 1. The highest BCUT2D eigenvalue weighted by molar-refractivity contribution is 7.80. The second kappa shape index (κ2) is 9.41. The second-order valence-corrected chi connectivity index (χ2v) is 9.53. The molecule has 1 aromatic carbocycles. The van der Waals surface area contributed by atoms with Gasteiger partial charge in [0.2, 0.25) is 0 Å². The quantitative estimate of drug-likeness (QED) is 0.660. The van der Waals surface area contributed by atoms with Crippen molar-refractivity contribution in [1.82, 2.24) is 10.2 Å². The minimum atomic E-state index is -0.446. The standard InChI is InChI=1S/C22H26FN3O2S2/c1-15(29)24-12-18-13-26(22(27)28-18)17-4-5-20(21(23)11-17)16-6-8-25(9-7-16)14-19-3-2-10-30-19/h2-5,10-11,16,18H,6-9,12-14H2,1H3,(H,24,29). The molecule has 1 N–H and O–H groups in total. The number of benzene rings is 1. The van der Waals surface area contributed by atoms with E-state index in [2.05, 4.69) is 27.7 Å². The van der Waals surface area contributed by atoms with Crippen LogP contribution in [0.15, 0.2) is 35.7 Å². The SMILES string of the molecule is CC(=S)NCC1CN(c2ccc(C3CCN(Cc4cccs4)CC3)c(F)c2)C(=O)O1. The summed E-state index contributed by atoms with van der Waals surface area (Å²) < 4.78 is 20.3. The fraction of sp³-hybridized carbons (Fsp3) is 0.455. The topological polar surface area (TPSA) is 44.8 Å². The average Bonchev–Trinajstić information content (AvgIpc) is 3.36. The number of hydrogen-bond acceptors (Lipinski definition) is 5. The lowest BCUT2D eigenvalue weighted by atomic mass is 9.89. The number of halogens is 1. The summed E-state index contributed by atoms with van der Waals surface area (Å²) in [6.07, 6.45) is 1.14. The maximum Gasteiger partial charge on any atom is 0.414 e. The van der Waals surface area contributed by atoms with Gasteiger partial charge in [-0.1, -0.05) is 24.4 Å². The number of nitrogens with zero attached hydrogens (tertiary/aromatic N) is 2. The number of hydrogen-bond donors (Lipinski definition) is 1. The molecule has 1 aromatic heterocycles. The largest absolute Gasteiger partial charge is 0.442 e. The molecule has 1 amide bonds. The van der Waals surface area contributed by atoms with Crippen LogP contribution in [0.1, 0.15) is 36.1 Å². The Labute approximate surface area is 185 Å². The second-order valence-electron chi connectivity index (χ2n) is 7.89. The summed E-state index contributed by atoms with van der Waals surface area (Å²) in [4.78, 5) is 18.2. The van der Waals surface area contributed by atoms with E-state index in [1.54, 1.807) is 18.3 Å². The van der Waals surface area contributed by atoms with E-state index < -0.39 is 6.09 Å². The fourth-order valence-electron chi connectivity index (χ4n) is 4.14. The Kier molecular flexibility index (Phi) is 6.65. The molecule has 0 saturated carbocycles. The van der Waals surface area contributed by atoms with Crippen LogP contribution in [0.25, 0.3) is 0 Å². The summed E-state index contributed by atoms with van der Waals surface area (Å²) in [5.41, 5.74) is 1.29. The van der Waals surface area contributed by atoms with Crippen molar-refractivity contribution in [3.63, 3.8) is 0 Å². The Hall–Kier alpha value is -2.03. The molecular formula is C22H26FN3O2S2. The van der Waals surface area contributed by atoms with Crippen molar-refractivity contribution in [2.24, 2.45) is 0 Å². The molecule has 5 nitrogen and oxygen atoms in total. The van der Waals surface area contributed by atoms with Crippen molar-refractivity contribution >= 4 is 40.3 Å². The van der Waals surface area contributed by atoms with E-state index in [-0.39, 0.29) is 17.8 Å². The van der Waals surface area contributed by atoms with E-state index in [0.29, 0.717) is 23.8 Å². The minimum Gasteiger partial charge on any atom is -0.442 e. The third kappa shape index (κ3) is 4.99. The molecule has 2 aromatic rings. The lowest BCUT2D eigenvalue weighted by Gasteiger charge is -2.32. The zero-order chi connectivity index (χ0) is 21.1. The highest BCUT2D eigenvalue weighted by Crippen LogP contribution is 2.33. The number of carbonyl (C=O) groups excluding carboxylic acids is 1. The number of anilines is 1. The Bertz CT molecular complexity index is 898. The summed E-state index contributed by atoms with van der Waals surface area (Å²) in [6, 6.07) is 9.38. The van der Waals surface area contributed by atoms with Crippen molar-refractivity contribution in [2.45, 2.75) is 38.3 Å². The van der Waals surface area contributed by atoms with Gasteiger partial charge in [-0.15, -0.1) is 11.3 Å². The molecule has 4 rings (SSSR count). The summed E-state index contributed by atoms with van der Waals surface area (Å²) in [5, 5.41) is 5.11. The first-order valence-electron chi connectivity index (χ1n) is 10.3. The van der Waals surface area contributed by atoms with Gasteiger partial charge in [0, 0.05) is 11.4 Å². The van der Waals surface area contributed by atoms with Crippen LogP contribution < -0.4 is 10.2 Å². The molecule has 1 unspecified atom stereocenters. The van der Waals surface area contributed by atoms with E-state index in [1.165, 1.54) is 15.8 Å². The number of likely N-dealkylation sites (tertiary alicyclic amines) is 1. The van der Waals surface area contributed by atoms with Crippen LogP contribution in [0.4, 0.5) is 14.9 Å². The highest BCUT2D eigenvalue weighted by atomic mass is 32.1. The molecule has 30 heavy (non-hydrogen) atoms. The van der Waals surface area contributed by atoms with Crippen molar-refractivity contribution < 1.29 is 13.9 Å². The summed E-state index contributed by atoms with van der Waals surface area (Å²) in [7, 11) is 0. The van der Waals surface area contributed by atoms with Gasteiger partial charge < -0.3 is 10.1 Å². The van der Waals surface area contributed by atoms with Crippen molar-refractivity contribution in [1.29, 1.82) is 0 Å². The Morgan fingerprint density at radius 3 is 2.80 bits per heavy atom. The molecule has 8 heteroatoms. The molecule has 0 radical (unpaired) electrons. The number of cyclic esters (lactones) is 1. The van der Waals surface area contributed by atoms with E-state index in [4.69, 9.17) is 17.0 Å². The molecular weight excluding hydrogens is 421 g/mol. The number of carbonyl (C=O) groups is 1. The molecule has 2 fully saturated rings. The van der Waals surface area contributed by atoms with Crippen LogP contribution >= 0.6 is 23.6 Å². The van der Waals surface area contributed by atoms with Gasteiger partial charge in [0.25, 0.3) is 0 Å². The van der Waals surface area contributed by atoms with Crippen LogP contribution in [0.5, 0.6) is 0 Å². The molecule has 0 spiro atoms.